The lowest BCUT2D eigenvalue weighted by Gasteiger charge is -2.26. The Balaban J connectivity index is 1.91. The summed E-state index contributed by atoms with van der Waals surface area (Å²) in [5, 5.41) is 8.87. The summed E-state index contributed by atoms with van der Waals surface area (Å²) in [4.78, 5) is 6.86. The van der Waals surface area contributed by atoms with Crippen molar-refractivity contribution in [2.75, 3.05) is 20.1 Å². The monoisotopic (exact) mass is 241 g/mol. The predicted octanol–water partition coefficient (Wildman–Crippen LogP) is 2.51. The third-order valence-electron chi connectivity index (χ3n) is 3.60. The Morgan fingerprint density at radius 3 is 2.89 bits per heavy atom. The van der Waals surface area contributed by atoms with Crippen LogP contribution in [0.1, 0.15) is 30.2 Å². The van der Waals surface area contributed by atoms with Crippen molar-refractivity contribution in [3.05, 3.63) is 29.7 Å². The molecule has 1 aromatic carbocycles. The summed E-state index contributed by atoms with van der Waals surface area (Å²) in [6.07, 6.45) is 2.18. The van der Waals surface area contributed by atoms with E-state index in [1.54, 1.807) is 12.1 Å². The van der Waals surface area contributed by atoms with E-state index >= 15 is 0 Å². The van der Waals surface area contributed by atoms with E-state index in [9.17, 15) is 0 Å². The van der Waals surface area contributed by atoms with E-state index in [1.807, 2.05) is 6.07 Å². The van der Waals surface area contributed by atoms with Crippen LogP contribution in [-0.2, 0) is 0 Å². The summed E-state index contributed by atoms with van der Waals surface area (Å²) in [5.74, 6) is 1.24. The molecule has 0 amide bonds. The van der Waals surface area contributed by atoms with Gasteiger partial charge in [-0.25, -0.2) is 4.98 Å². The molecule has 3 rings (SSSR count). The summed E-state index contributed by atoms with van der Waals surface area (Å²) in [6.45, 7) is 2.18. The first-order valence-electron chi connectivity index (χ1n) is 6.25. The number of rotatable bonds is 1. The fourth-order valence-electron chi connectivity index (χ4n) is 2.44. The summed E-state index contributed by atoms with van der Waals surface area (Å²) in [5.41, 5.74) is 2.21. The van der Waals surface area contributed by atoms with E-state index in [1.165, 1.54) is 0 Å². The number of nitriles is 1. The molecule has 1 aliphatic rings. The standard InChI is InChI=1S/C14H15N3O/c1-17-6-4-11(5-7-17)14-16-12-8-10(9-15)2-3-13(12)18-14/h2-3,8,11H,4-7H2,1H3. The number of fused-ring (bicyclic) bond motifs is 1. The zero-order valence-corrected chi connectivity index (χ0v) is 10.4. The highest BCUT2D eigenvalue weighted by atomic mass is 16.3. The molecule has 92 valence electrons. The van der Waals surface area contributed by atoms with E-state index in [0.717, 1.165) is 42.9 Å². The van der Waals surface area contributed by atoms with Crippen molar-refractivity contribution in [1.29, 1.82) is 5.26 Å². The van der Waals surface area contributed by atoms with Crippen molar-refractivity contribution in [2.24, 2.45) is 0 Å². The Hall–Kier alpha value is -1.86. The zero-order chi connectivity index (χ0) is 12.5. The van der Waals surface area contributed by atoms with E-state index in [4.69, 9.17) is 9.68 Å². The molecule has 4 nitrogen and oxygen atoms in total. The molecule has 18 heavy (non-hydrogen) atoms. The fourth-order valence-corrected chi connectivity index (χ4v) is 2.44. The average Bonchev–Trinajstić information content (AvgIpc) is 2.82. The van der Waals surface area contributed by atoms with Crippen molar-refractivity contribution in [3.63, 3.8) is 0 Å². The lowest BCUT2D eigenvalue weighted by molar-refractivity contribution is 0.239. The highest BCUT2D eigenvalue weighted by Crippen LogP contribution is 2.29. The average molecular weight is 241 g/mol. The largest absolute Gasteiger partial charge is 0.440 e. The molecular weight excluding hydrogens is 226 g/mol. The highest BCUT2D eigenvalue weighted by molar-refractivity contribution is 5.74. The van der Waals surface area contributed by atoms with Gasteiger partial charge in [-0.3, -0.25) is 0 Å². The van der Waals surface area contributed by atoms with Crippen LogP contribution in [0.5, 0.6) is 0 Å². The first-order chi connectivity index (χ1) is 8.76. The molecule has 0 aliphatic carbocycles. The van der Waals surface area contributed by atoms with Crippen LogP contribution in [-0.4, -0.2) is 30.0 Å². The van der Waals surface area contributed by atoms with Crippen molar-refractivity contribution in [1.82, 2.24) is 9.88 Å². The number of hydrogen-bond donors (Lipinski definition) is 0. The van der Waals surface area contributed by atoms with Crippen molar-refractivity contribution in [2.45, 2.75) is 18.8 Å². The predicted molar refractivity (Wildman–Crippen MR) is 68.2 cm³/mol. The van der Waals surface area contributed by atoms with Crippen molar-refractivity contribution >= 4 is 11.1 Å². The van der Waals surface area contributed by atoms with Gasteiger partial charge in [0, 0.05) is 5.92 Å². The van der Waals surface area contributed by atoms with Gasteiger partial charge in [0.05, 0.1) is 11.6 Å². The number of nitrogens with zero attached hydrogens (tertiary/aromatic N) is 3. The van der Waals surface area contributed by atoms with Gasteiger partial charge in [0.25, 0.3) is 0 Å². The zero-order valence-electron chi connectivity index (χ0n) is 10.4. The third kappa shape index (κ3) is 1.98. The number of piperidine rings is 1. The van der Waals surface area contributed by atoms with Gasteiger partial charge in [-0.2, -0.15) is 5.26 Å². The number of hydrogen-bond acceptors (Lipinski definition) is 4. The van der Waals surface area contributed by atoms with Gasteiger partial charge in [-0.15, -0.1) is 0 Å². The van der Waals surface area contributed by atoms with Crippen LogP contribution in [0.25, 0.3) is 11.1 Å². The van der Waals surface area contributed by atoms with Gasteiger partial charge < -0.3 is 9.32 Å². The molecule has 2 aromatic rings. The summed E-state index contributed by atoms with van der Waals surface area (Å²) < 4.78 is 5.80. The van der Waals surface area contributed by atoms with Crippen molar-refractivity contribution in [3.8, 4) is 6.07 Å². The summed E-state index contributed by atoms with van der Waals surface area (Å²) in [7, 11) is 2.14. The molecule has 0 spiro atoms. The molecule has 0 atom stereocenters. The third-order valence-corrected chi connectivity index (χ3v) is 3.60. The Morgan fingerprint density at radius 2 is 2.17 bits per heavy atom. The molecule has 0 radical (unpaired) electrons. The summed E-state index contributed by atoms with van der Waals surface area (Å²) in [6, 6.07) is 7.52. The van der Waals surface area contributed by atoms with E-state index in [-0.39, 0.29) is 0 Å². The van der Waals surface area contributed by atoms with Crippen LogP contribution in [0.4, 0.5) is 0 Å². The Morgan fingerprint density at radius 1 is 1.39 bits per heavy atom. The van der Waals surface area contributed by atoms with Gasteiger partial charge >= 0.3 is 0 Å². The van der Waals surface area contributed by atoms with Gasteiger partial charge in [-0.05, 0) is 51.2 Å². The molecule has 1 aromatic heterocycles. The molecule has 0 N–H and O–H groups in total. The van der Waals surface area contributed by atoms with Crippen LogP contribution >= 0.6 is 0 Å². The maximum Gasteiger partial charge on any atom is 0.198 e. The molecule has 1 fully saturated rings. The second kappa shape index (κ2) is 4.43. The minimum Gasteiger partial charge on any atom is -0.440 e. The van der Waals surface area contributed by atoms with Gasteiger partial charge in [0.15, 0.2) is 11.5 Å². The fraction of sp³-hybridized carbons (Fsp3) is 0.429. The highest BCUT2D eigenvalue weighted by Gasteiger charge is 2.22. The van der Waals surface area contributed by atoms with E-state index in [0.29, 0.717) is 11.5 Å². The van der Waals surface area contributed by atoms with Gasteiger partial charge in [0.2, 0.25) is 0 Å². The van der Waals surface area contributed by atoms with Crippen LogP contribution in [0, 0.1) is 11.3 Å². The maximum atomic E-state index is 8.87. The number of likely N-dealkylation sites (tertiary alicyclic amines) is 1. The molecule has 0 unspecified atom stereocenters. The smallest absolute Gasteiger partial charge is 0.198 e. The van der Waals surface area contributed by atoms with Crippen LogP contribution in [0.2, 0.25) is 0 Å². The Bertz CT molecular complexity index is 603. The lowest BCUT2D eigenvalue weighted by atomic mass is 9.97. The van der Waals surface area contributed by atoms with Crippen molar-refractivity contribution < 1.29 is 4.42 Å². The number of aromatic nitrogens is 1. The SMILES string of the molecule is CN1CCC(c2nc3cc(C#N)ccc3o2)CC1. The van der Waals surface area contributed by atoms with Crippen LogP contribution in [0.15, 0.2) is 22.6 Å². The Labute approximate surface area is 106 Å². The summed E-state index contributed by atoms with van der Waals surface area (Å²) >= 11 is 0. The second-order valence-electron chi connectivity index (χ2n) is 4.92. The molecule has 4 heteroatoms. The number of oxazole rings is 1. The second-order valence-corrected chi connectivity index (χ2v) is 4.92. The molecular formula is C14H15N3O. The van der Waals surface area contributed by atoms with Crippen LogP contribution < -0.4 is 0 Å². The topological polar surface area (TPSA) is 53.1 Å². The minimum atomic E-state index is 0.416. The molecule has 0 bridgehead atoms. The van der Waals surface area contributed by atoms with E-state index < -0.39 is 0 Å². The quantitative estimate of drug-likeness (QED) is 0.769. The molecule has 1 aliphatic heterocycles. The molecule has 1 saturated heterocycles. The minimum absolute atomic E-state index is 0.416. The number of benzene rings is 1. The van der Waals surface area contributed by atoms with Crippen LogP contribution in [0.3, 0.4) is 0 Å². The Kier molecular flexibility index (Phi) is 2.77. The normalized spacial score (nSPS) is 18.0. The lowest BCUT2D eigenvalue weighted by Crippen LogP contribution is -2.29. The van der Waals surface area contributed by atoms with Gasteiger partial charge in [0.1, 0.15) is 5.52 Å². The first-order valence-corrected chi connectivity index (χ1v) is 6.25. The van der Waals surface area contributed by atoms with E-state index in [2.05, 4.69) is 23.0 Å². The molecule has 0 saturated carbocycles. The first kappa shape index (κ1) is 11.2. The maximum absolute atomic E-state index is 8.87. The van der Waals surface area contributed by atoms with Gasteiger partial charge in [-0.1, -0.05) is 0 Å². The molecule has 2 heterocycles.